The fourth-order valence-corrected chi connectivity index (χ4v) is 4.83. The molecule has 2 atom stereocenters. The molecule has 0 amide bonds. The van der Waals surface area contributed by atoms with Crippen LogP contribution in [0, 0.1) is 0 Å². The van der Waals surface area contributed by atoms with Gasteiger partial charge in [0.15, 0.2) is 11.5 Å². The molecule has 2 unspecified atom stereocenters. The Balaban J connectivity index is 2.20. The van der Waals surface area contributed by atoms with Crippen molar-refractivity contribution in [1.82, 2.24) is 4.90 Å². The number of nitrogens with zero attached hydrogens (tertiary/aromatic N) is 1. The highest BCUT2D eigenvalue weighted by Gasteiger charge is 2.40. The van der Waals surface area contributed by atoms with Crippen LogP contribution in [-0.2, 0) is 9.53 Å². The second-order valence-electron chi connectivity index (χ2n) is 8.21. The van der Waals surface area contributed by atoms with Crippen LogP contribution in [0.2, 0.25) is 10.0 Å². The number of halogens is 2. The first-order valence-corrected chi connectivity index (χ1v) is 11.6. The molecule has 188 valence electrons. The minimum Gasteiger partial charge on any atom is -0.496 e. The van der Waals surface area contributed by atoms with Gasteiger partial charge in [0, 0.05) is 29.5 Å². The number of ketones is 1. The fraction of sp³-hybridized carbons (Fsp3) is 0.400. The molecule has 0 saturated carbocycles. The third kappa shape index (κ3) is 5.72. The molecule has 0 bridgehead atoms. The Labute approximate surface area is 214 Å². The van der Waals surface area contributed by atoms with Crippen molar-refractivity contribution in [3.8, 4) is 17.2 Å². The molecule has 10 heteroatoms. The minimum atomic E-state index is -0.770. The Hall–Kier alpha value is -2.81. The quantitative estimate of drug-likeness (QED) is 0.277. The Morgan fingerprint density at radius 2 is 1.74 bits per heavy atom. The Bertz CT molecular complexity index is 1150. The van der Waals surface area contributed by atoms with Gasteiger partial charge >= 0.3 is 11.9 Å². The van der Waals surface area contributed by atoms with Crippen LogP contribution >= 0.6 is 23.2 Å². The number of benzene rings is 2. The third-order valence-electron chi connectivity index (χ3n) is 6.04. The van der Waals surface area contributed by atoms with Crippen molar-refractivity contribution < 1.29 is 33.3 Å². The van der Waals surface area contributed by atoms with E-state index in [1.165, 1.54) is 46.3 Å². The summed E-state index contributed by atoms with van der Waals surface area (Å²) in [4.78, 5) is 39.5. The van der Waals surface area contributed by atoms with Crippen molar-refractivity contribution in [2.75, 3.05) is 34.4 Å². The molecular formula is C25H27Cl2NO7. The number of ether oxygens (including phenoxy) is 4. The highest BCUT2D eigenvalue weighted by molar-refractivity contribution is 6.36. The van der Waals surface area contributed by atoms with Crippen LogP contribution in [0.15, 0.2) is 24.3 Å². The van der Waals surface area contributed by atoms with Gasteiger partial charge < -0.3 is 18.9 Å². The summed E-state index contributed by atoms with van der Waals surface area (Å²) >= 11 is 12.2. The molecule has 0 spiro atoms. The Morgan fingerprint density at radius 1 is 1.06 bits per heavy atom. The number of likely N-dealkylation sites (N-methyl/N-ethyl adjacent to an activating group) is 1. The van der Waals surface area contributed by atoms with Gasteiger partial charge in [-0.3, -0.25) is 14.5 Å². The number of hydrogen-bond donors (Lipinski definition) is 0. The van der Waals surface area contributed by atoms with Gasteiger partial charge in [-0.15, -0.1) is 0 Å². The zero-order chi connectivity index (χ0) is 25.9. The Kier molecular flexibility index (Phi) is 8.64. The molecule has 8 nitrogen and oxygen atoms in total. The van der Waals surface area contributed by atoms with Crippen LogP contribution < -0.4 is 14.2 Å². The number of hydrogen-bond acceptors (Lipinski definition) is 8. The Morgan fingerprint density at radius 3 is 2.31 bits per heavy atom. The molecule has 3 rings (SSSR count). The molecule has 1 heterocycles. The summed E-state index contributed by atoms with van der Waals surface area (Å²) in [5, 5.41) is 0.471. The number of esters is 2. The maximum Gasteiger partial charge on any atom is 0.345 e. The average molecular weight is 524 g/mol. The van der Waals surface area contributed by atoms with Crippen LogP contribution in [0.25, 0.3) is 0 Å². The summed E-state index contributed by atoms with van der Waals surface area (Å²) in [6, 6.07) is 5.76. The van der Waals surface area contributed by atoms with Crippen molar-refractivity contribution in [3.63, 3.8) is 0 Å². The van der Waals surface area contributed by atoms with E-state index in [1.807, 2.05) is 11.9 Å². The van der Waals surface area contributed by atoms with Gasteiger partial charge in [0.1, 0.15) is 23.7 Å². The van der Waals surface area contributed by atoms with Crippen LogP contribution in [0.3, 0.4) is 0 Å². The molecule has 0 aliphatic carbocycles. The summed E-state index contributed by atoms with van der Waals surface area (Å²) in [6.45, 7) is 3.52. The second kappa shape index (κ2) is 11.3. The molecule has 1 saturated heterocycles. The summed E-state index contributed by atoms with van der Waals surface area (Å²) in [5.74, 6) is -1.21. The molecule has 0 N–H and O–H groups in total. The van der Waals surface area contributed by atoms with E-state index in [-0.39, 0.29) is 52.0 Å². The first-order valence-electron chi connectivity index (χ1n) is 10.9. The molecule has 1 aliphatic rings. The van der Waals surface area contributed by atoms with E-state index >= 15 is 0 Å². The molecule has 1 aliphatic heterocycles. The van der Waals surface area contributed by atoms with Gasteiger partial charge in [0.2, 0.25) is 0 Å². The summed E-state index contributed by atoms with van der Waals surface area (Å²) < 4.78 is 22.3. The van der Waals surface area contributed by atoms with E-state index in [0.717, 1.165) is 0 Å². The van der Waals surface area contributed by atoms with Crippen LogP contribution in [0.5, 0.6) is 17.2 Å². The summed E-state index contributed by atoms with van der Waals surface area (Å²) in [5.41, 5.74) is 0.694. The monoisotopic (exact) mass is 523 g/mol. The van der Waals surface area contributed by atoms with Gasteiger partial charge in [-0.1, -0.05) is 23.2 Å². The number of Topliss-reactive ketones (excluding diaryl/α,β-unsaturated/α-hetero) is 1. The molecule has 2 aromatic rings. The maximum atomic E-state index is 13.2. The molecular weight excluding hydrogens is 497 g/mol. The van der Waals surface area contributed by atoms with Crippen molar-refractivity contribution in [2.24, 2.45) is 0 Å². The zero-order valence-corrected chi connectivity index (χ0v) is 21.7. The predicted molar refractivity (Wildman–Crippen MR) is 131 cm³/mol. The smallest absolute Gasteiger partial charge is 0.345 e. The zero-order valence-electron chi connectivity index (χ0n) is 20.1. The lowest BCUT2D eigenvalue weighted by atomic mass is 9.87. The molecule has 35 heavy (non-hydrogen) atoms. The van der Waals surface area contributed by atoms with Gasteiger partial charge in [0.05, 0.1) is 30.8 Å². The van der Waals surface area contributed by atoms with E-state index in [0.29, 0.717) is 29.3 Å². The van der Waals surface area contributed by atoms with E-state index in [4.69, 9.17) is 42.1 Å². The largest absolute Gasteiger partial charge is 0.496 e. The van der Waals surface area contributed by atoms with Gasteiger partial charge in [0.25, 0.3) is 0 Å². The van der Waals surface area contributed by atoms with E-state index in [9.17, 15) is 14.4 Å². The number of likely N-dealkylation sites (tertiary alicyclic amines) is 1. The first-order chi connectivity index (χ1) is 16.6. The lowest BCUT2D eigenvalue weighted by molar-refractivity contribution is -0.142. The highest BCUT2D eigenvalue weighted by atomic mass is 35.5. The van der Waals surface area contributed by atoms with Crippen molar-refractivity contribution in [2.45, 2.75) is 32.2 Å². The maximum absolute atomic E-state index is 13.2. The van der Waals surface area contributed by atoms with E-state index < -0.39 is 11.9 Å². The van der Waals surface area contributed by atoms with E-state index in [1.54, 1.807) is 6.07 Å². The summed E-state index contributed by atoms with van der Waals surface area (Å²) in [6.07, 6.45) is 0.648. The minimum absolute atomic E-state index is 0.0258. The van der Waals surface area contributed by atoms with Gasteiger partial charge in [-0.25, -0.2) is 4.79 Å². The topological polar surface area (TPSA) is 91.4 Å². The molecule has 1 fully saturated rings. The van der Waals surface area contributed by atoms with E-state index in [2.05, 4.69) is 0 Å². The highest BCUT2D eigenvalue weighted by Crippen LogP contribution is 2.48. The molecule has 0 radical (unpaired) electrons. The molecule has 2 aromatic carbocycles. The average Bonchev–Trinajstić information content (AvgIpc) is 3.15. The molecule has 0 aromatic heterocycles. The second-order valence-corrected chi connectivity index (χ2v) is 9.06. The van der Waals surface area contributed by atoms with Crippen molar-refractivity contribution >= 4 is 40.9 Å². The van der Waals surface area contributed by atoms with Gasteiger partial charge in [-0.05, 0) is 45.1 Å². The van der Waals surface area contributed by atoms with Crippen LogP contribution in [-0.4, -0.2) is 63.1 Å². The number of rotatable bonds is 8. The van der Waals surface area contributed by atoms with Crippen molar-refractivity contribution in [3.05, 3.63) is 51.0 Å². The first kappa shape index (κ1) is 26.8. The van der Waals surface area contributed by atoms with Crippen LogP contribution in [0.1, 0.15) is 52.5 Å². The normalized spacial score (nSPS) is 17.7. The number of carbonyl (C=O) groups excluding carboxylic acids is 3. The number of carbonyl (C=O) groups is 3. The standard InChI is InChI=1S/C25H27Cl2NO7/c1-13(29)22-20(32-4)11-21(33-5)23(17-8-9-28(3)19(17)12-34-14(2)30)24(22)35-25(31)16-7-6-15(26)10-18(16)27/h6-7,10-11,17,19H,8-9,12H2,1-5H3. The fourth-order valence-electron chi connectivity index (χ4n) is 4.34. The van der Waals surface area contributed by atoms with Gasteiger partial charge in [-0.2, -0.15) is 0 Å². The van der Waals surface area contributed by atoms with Crippen LogP contribution in [0.4, 0.5) is 0 Å². The lowest BCUT2D eigenvalue weighted by Crippen LogP contribution is -2.34. The SMILES string of the molecule is COc1cc(OC)c(C2CCN(C)C2COC(C)=O)c(OC(=O)c2ccc(Cl)cc2Cl)c1C(C)=O. The number of methoxy groups -OCH3 is 2. The van der Waals surface area contributed by atoms with Crippen molar-refractivity contribution in [1.29, 1.82) is 0 Å². The lowest BCUT2D eigenvalue weighted by Gasteiger charge is -2.28. The predicted octanol–water partition coefficient (Wildman–Crippen LogP) is 4.78. The third-order valence-corrected chi connectivity index (χ3v) is 6.58. The summed E-state index contributed by atoms with van der Waals surface area (Å²) in [7, 11) is 4.80.